The van der Waals surface area contributed by atoms with Gasteiger partial charge in [0.2, 0.25) is 0 Å². The number of aliphatic hydroxyl groups excluding tert-OH is 1. The third-order valence-electron chi connectivity index (χ3n) is 3.07. The standard InChI is InChI=1S/C12H17FN2O/c13-12(9-16)6-1-7-15(8-12)11-4-2-10(14)3-5-11/h2-5,16H,1,6-9,14H2. The lowest BCUT2D eigenvalue weighted by Crippen LogP contribution is -2.47. The van der Waals surface area contributed by atoms with E-state index in [0.29, 0.717) is 12.1 Å². The normalized spacial score (nSPS) is 25.8. The summed E-state index contributed by atoms with van der Waals surface area (Å²) < 4.78 is 14.0. The van der Waals surface area contributed by atoms with Gasteiger partial charge in [-0.3, -0.25) is 0 Å². The van der Waals surface area contributed by atoms with Crippen molar-refractivity contribution >= 4 is 11.4 Å². The van der Waals surface area contributed by atoms with Gasteiger partial charge in [0, 0.05) is 17.9 Å². The highest BCUT2D eigenvalue weighted by molar-refractivity contribution is 5.53. The maximum absolute atomic E-state index is 14.0. The van der Waals surface area contributed by atoms with E-state index in [1.165, 1.54) is 0 Å². The van der Waals surface area contributed by atoms with Crippen LogP contribution in [0.2, 0.25) is 0 Å². The minimum absolute atomic E-state index is 0.257. The minimum Gasteiger partial charge on any atom is -0.399 e. The van der Waals surface area contributed by atoms with E-state index in [0.717, 1.165) is 18.7 Å². The quantitative estimate of drug-likeness (QED) is 0.750. The first-order chi connectivity index (χ1) is 7.63. The molecule has 1 aliphatic heterocycles. The second kappa shape index (κ2) is 4.29. The topological polar surface area (TPSA) is 49.5 Å². The van der Waals surface area contributed by atoms with Crippen LogP contribution in [0.3, 0.4) is 0 Å². The monoisotopic (exact) mass is 224 g/mol. The zero-order valence-electron chi connectivity index (χ0n) is 9.19. The molecule has 1 fully saturated rings. The Morgan fingerprint density at radius 2 is 2.06 bits per heavy atom. The summed E-state index contributed by atoms with van der Waals surface area (Å²) in [6.45, 7) is 0.682. The number of alkyl halides is 1. The van der Waals surface area contributed by atoms with Gasteiger partial charge in [-0.15, -0.1) is 0 Å². The van der Waals surface area contributed by atoms with Crippen LogP contribution in [0.15, 0.2) is 24.3 Å². The summed E-state index contributed by atoms with van der Waals surface area (Å²) in [5, 5.41) is 9.04. The van der Waals surface area contributed by atoms with E-state index < -0.39 is 12.3 Å². The number of benzene rings is 1. The molecule has 0 saturated carbocycles. The van der Waals surface area contributed by atoms with E-state index in [-0.39, 0.29) is 6.54 Å². The van der Waals surface area contributed by atoms with Crippen molar-refractivity contribution in [1.29, 1.82) is 0 Å². The number of nitrogen functional groups attached to an aromatic ring is 1. The third kappa shape index (κ3) is 2.27. The molecule has 1 aliphatic rings. The summed E-state index contributed by atoms with van der Waals surface area (Å²) in [5.41, 5.74) is 5.81. The van der Waals surface area contributed by atoms with Gasteiger partial charge in [0.1, 0.15) is 0 Å². The number of hydrogen-bond donors (Lipinski definition) is 2. The molecule has 2 rings (SSSR count). The van der Waals surface area contributed by atoms with Gasteiger partial charge in [-0.05, 0) is 37.1 Å². The van der Waals surface area contributed by atoms with E-state index in [9.17, 15) is 4.39 Å². The van der Waals surface area contributed by atoms with Gasteiger partial charge in [0.25, 0.3) is 0 Å². The maximum atomic E-state index is 14.0. The van der Waals surface area contributed by atoms with E-state index in [4.69, 9.17) is 10.8 Å². The molecule has 0 aliphatic carbocycles. The Hall–Kier alpha value is -1.29. The van der Waals surface area contributed by atoms with Gasteiger partial charge in [-0.1, -0.05) is 0 Å². The highest BCUT2D eigenvalue weighted by Gasteiger charge is 2.34. The lowest BCUT2D eigenvalue weighted by molar-refractivity contribution is 0.0568. The molecule has 3 nitrogen and oxygen atoms in total. The van der Waals surface area contributed by atoms with Crippen molar-refractivity contribution in [2.24, 2.45) is 0 Å². The zero-order valence-corrected chi connectivity index (χ0v) is 9.19. The molecular weight excluding hydrogens is 207 g/mol. The molecule has 1 aromatic rings. The predicted molar refractivity (Wildman–Crippen MR) is 63.2 cm³/mol. The first-order valence-corrected chi connectivity index (χ1v) is 5.53. The van der Waals surface area contributed by atoms with Crippen LogP contribution in [0.5, 0.6) is 0 Å². The van der Waals surface area contributed by atoms with Crippen molar-refractivity contribution in [2.75, 3.05) is 30.3 Å². The maximum Gasteiger partial charge on any atom is 0.151 e. The molecule has 0 aromatic heterocycles. The summed E-state index contributed by atoms with van der Waals surface area (Å²) >= 11 is 0. The molecule has 1 atom stereocenters. The molecule has 1 aromatic carbocycles. The Labute approximate surface area is 94.7 Å². The summed E-state index contributed by atoms with van der Waals surface area (Å²) in [4.78, 5) is 1.96. The summed E-state index contributed by atoms with van der Waals surface area (Å²) in [6.07, 6.45) is 1.20. The molecule has 1 unspecified atom stereocenters. The van der Waals surface area contributed by atoms with Crippen molar-refractivity contribution < 1.29 is 9.50 Å². The van der Waals surface area contributed by atoms with E-state index in [2.05, 4.69) is 0 Å². The number of nitrogens with two attached hydrogens (primary N) is 1. The van der Waals surface area contributed by atoms with Crippen molar-refractivity contribution in [2.45, 2.75) is 18.5 Å². The average Bonchev–Trinajstić information content (AvgIpc) is 2.30. The van der Waals surface area contributed by atoms with Gasteiger partial charge in [-0.2, -0.15) is 0 Å². The number of rotatable bonds is 2. The van der Waals surface area contributed by atoms with Crippen LogP contribution in [-0.2, 0) is 0 Å². The van der Waals surface area contributed by atoms with Crippen LogP contribution < -0.4 is 10.6 Å². The highest BCUT2D eigenvalue weighted by atomic mass is 19.1. The molecule has 1 heterocycles. The van der Waals surface area contributed by atoms with Crippen molar-refractivity contribution in [3.8, 4) is 0 Å². The number of piperidine rings is 1. The molecule has 4 heteroatoms. The van der Waals surface area contributed by atoms with Gasteiger partial charge >= 0.3 is 0 Å². The zero-order chi connectivity index (χ0) is 11.6. The van der Waals surface area contributed by atoms with Gasteiger partial charge in [0.05, 0.1) is 13.2 Å². The first-order valence-electron chi connectivity index (χ1n) is 5.53. The van der Waals surface area contributed by atoms with Gasteiger partial charge < -0.3 is 15.7 Å². The van der Waals surface area contributed by atoms with Crippen LogP contribution in [0.25, 0.3) is 0 Å². The number of hydrogen-bond acceptors (Lipinski definition) is 3. The molecule has 0 bridgehead atoms. The molecule has 0 radical (unpaired) electrons. The molecule has 1 saturated heterocycles. The Morgan fingerprint density at radius 3 is 2.69 bits per heavy atom. The van der Waals surface area contributed by atoms with Crippen LogP contribution in [-0.4, -0.2) is 30.5 Å². The Morgan fingerprint density at radius 1 is 1.38 bits per heavy atom. The van der Waals surface area contributed by atoms with E-state index in [1.807, 2.05) is 29.2 Å². The molecule has 88 valence electrons. The van der Waals surface area contributed by atoms with Crippen LogP contribution in [0, 0.1) is 0 Å². The fourth-order valence-electron chi connectivity index (χ4n) is 2.12. The Kier molecular flexibility index (Phi) is 3.01. The SMILES string of the molecule is Nc1ccc(N2CCCC(F)(CO)C2)cc1. The fraction of sp³-hybridized carbons (Fsp3) is 0.500. The predicted octanol–water partition coefficient (Wildman–Crippen LogP) is 1.57. The van der Waals surface area contributed by atoms with Gasteiger partial charge in [-0.25, -0.2) is 4.39 Å². The number of nitrogens with zero attached hydrogens (tertiary/aromatic N) is 1. The van der Waals surface area contributed by atoms with Crippen molar-refractivity contribution in [3.63, 3.8) is 0 Å². The van der Waals surface area contributed by atoms with E-state index >= 15 is 0 Å². The molecule has 16 heavy (non-hydrogen) atoms. The second-order valence-electron chi connectivity index (χ2n) is 4.43. The minimum atomic E-state index is -1.46. The third-order valence-corrected chi connectivity index (χ3v) is 3.07. The molecule has 0 amide bonds. The average molecular weight is 224 g/mol. The molecule has 3 N–H and O–H groups in total. The van der Waals surface area contributed by atoms with E-state index in [1.54, 1.807) is 0 Å². The number of halogens is 1. The van der Waals surface area contributed by atoms with Crippen LogP contribution in [0.1, 0.15) is 12.8 Å². The number of aliphatic hydroxyl groups is 1. The van der Waals surface area contributed by atoms with Gasteiger partial charge in [0.15, 0.2) is 5.67 Å². The molecule has 0 spiro atoms. The fourth-order valence-corrected chi connectivity index (χ4v) is 2.12. The van der Waals surface area contributed by atoms with Crippen molar-refractivity contribution in [1.82, 2.24) is 0 Å². The lowest BCUT2D eigenvalue weighted by Gasteiger charge is -2.37. The summed E-state index contributed by atoms with van der Waals surface area (Å²) in [6, 6.07) is 7.39. The Balaban J connectivity index is 2.12. The van der Waals surface area contributed by atoms with Crippen LogP contribution >= 0.6 is 0 Å². The summed E-state index contributed by atoms with van der Waals surface area (Å²) in [7, 11) is 0. The van der Waals surface area contributed by atoms with Crippen molar-refractivity contribution in [3.05, 3.63) is 24.3 Å². The summed E-state index contributed by atoms with van der Waals surface area (Å²) in [5.74, 6) is 0. The largest absolute Gasteiger partial charge is 0.399 e. The highest BCUT2D eigenvalue weighted by Crippen LogP contribution is 2.28. The molecular formula is C12H17FN2O. The smallest absolute Gasteiger partial charge is 0.151 e. The second-order valence-corrected chi connectivity index (χ2v) is 4.43. The van der Waals surface area contributed by atoms with Crippen LogP contribution in [0.4, 0.5) is 15.8 Å². The first kappa shape index (κ1) is 11.2. The Bertz CT molecular complexity index is 355. The lowest BCUT2D eigenvalue weighted by atomic mass is 9.95. The number of anilines is 2.